The number of hydrogen-bond donors (Lipinski definition) is 1. The van der Waals surface area contributed by atoms with Crippen LogP contribution in [-0.2, 0) is 11.2 Å². The molecule has 0 aromatic heterocycles. The van der Waals surface area contributed by atoms with Crippen LogP contribution in [0.5, 0.6) is 0 Å². The Balaban J connectivity index is 2.67. The lowest BCUT2D eigenvalue weighted by Gasteiger charge is -2.07. The summed E-state index contributed by atoms with van der Waals surface area (Å²) < 4.78 is 0. The minimum absolute atomic E-state index is 0.0450. The first-order valence-electron chi connectivity index (χ1n) is 5.07. The molecule has 1 amide bonds. The highest BCUT2D eigenvalue weighted by Gasteiger charge is 2.04. The van der Waals surface area contributed by atoms with Gasteiger partial charge in [-0.25, -0.2) is 0 Å². The molecule has 1 N–H and O–H groups in total. The third-order valence-corrected chi connectivity index (χ3v) is 2.30. The van der Waals surface area contributed by atoms with Crippen molar-refractivity contribution in [2.45, 2.75) is 20.3 Å². The van der Waals surface area contributed by atoms with E-state index in [2.05, 4.69) is 24.0 Å². The molecule has 1 aromatic rings. The van der Waals surface area contributed by atoms with Gasteiger partial charge >= 0.3 is 0 Å². The average molecular weight is 203 g/mol. The van der Waals surface area contributed by atoms with E-state index in [1.54, 1.807) is 6.08 Å². The van der Waals surface area contributed by atoms with Crippen molar-refractivity contribution in [1.29, 1.82) is 0 Å². The van der Waals surface area contributed by atoms with E-state index in [4.69, 9.17) is 0 Å². The van der Waals surface area contributed by atoms with Gasteiger partial charge in [0.25, 0.3) is 0 Å². The van der Waals surface area contributed by atoms with Crippen LogP contribution in [0.1, 0.15) is 16.7 Å². The van der Waals surface area contributed by atoms with Crippen LogP contribution in [0.3, 0.4) is 0 Å². The SMILES string of the molecule is C=CCNC(=O)Cc1cc(C)ccc1C. The Morgan fingerprint density at radius 3 is 2.87 bits per heavy atom. The van der Waals surface area contributed by atoms with Crippen molar-refractivity contribution in [3.63, 3.8) is 0 Å². The molecule has 0 radical (unpaired) electrons. The van der Waals surface area contributed by atoms with Gasteiger partial charge in [-0.15, -0.1) is 6.58 Å². The topological polar surface area (TPSA) is 29.1 Å². The molecule has 0 spiro atoms. The molecular formula is C13H17NO. The van der Waals surface area contributed by atoms with Crippen molar-refractivity contribution < 1.29 is 4.79 Å². The van der Waals surface area contributed by atoms with E-state index in [0.29, 0.717) is 13.0 Å². The van der Waals surface area contributed by atoms with Gasteiger partial charge in [-0.1, -0.05) is 29.8 Å². The fourth-order valence-electron chi connectivity index (χ4n) is 1.41. The first kappa shape index (κ1) is 11.5. The van der Waals surface area contributed by atoms with Gasteiger partial charge in [0.1, 0.15) is 0 Å². The second-order valence-electron chi connectivity index (χ2n) is 3.70. The zero-order chi connectivity index (χ0) is 11.3. The molecule has 80 valence electrons. The van der Waals surface area contributed by atoms with Crippen LogP contribution in [0, 0.1) is 13.8 Å². The van der Waals surface area contributed by atoms with Gasteiger partial charge in [0.15, 0.2) is 0 Å². The van der Waals surface area contributed by atoms with Gasteiger partial charge in [0, 0.05) is 6.54 Å². The maximum absolute atomic E-state index is 11.5. The van der Waals surface area contributed by atoms with E-state index >= 15 is 0 Å². The molecule has 2 nitrogen and oxygen atoms in total. The smallest absolute Gasteiger partial charge is 0.224 e. The second-order valence-corrected chi connectivity index (χ2v) is 3.70. The van der Waals surface area contributed by atoms with Crippen LogP contribution in [0.15, 0.2) is 30.9 Å². The molecule has 0 aliphatic carbocycles. The predicted octanol–water partition coefficient (Wildman–Crippen LogP) is 2.15. The fourth-order valence-corrected chi connectivity index (χ4v) is 1.41. The number of nitrogens with one attached hydrogen (secondary N) is 1. The number of carbonyl (C=O) groups excluding carboxylic acids is 1. The highest BCUT2D eigenvalue weighted by molar-refractivity contribution is 5.79. The molecule has 1 aromatic carbocycles. The largest absolute Gasteiger partial charge is 0.352 e. The van der Waals surface area contributed by atoms with Crippen molar-refractivity contribution in [2.75, 3.05) is 6.54 Å². The quantitative estimate of drug-likeness (QED) is 0.746. The Morgan fingerprint density at radius 1 is 1.47 bits per heavy atom. The van der Waals surface area contributed by atoms with E-state index in [9.17, 15) is 4.79 Å². The molecule has 0 bridgehead atoms. The highest BCUT2D eigenvalue weighted by atomic mass is 16.1. The summed E-state index contributed by atoms with van der Waals surface area (Å²) in [5, 5.41) is 2.77. The number of aryl methyl sites for hydroxylation is 2. The van der Waals surface area contributed by atoms with Crippen molar-refractivity contribution in [1.82, 2.24) is 5.32 Å². The highest BCUT2D eigenvalue weighted by Crippen LogP contribution is 2.11. The molecular weight excluding hydrogens is 186 g/mol. The lowest BCUT2D eigenvalue weighted by Crippen LogP contribution is -2.25. The van der Waals surface area contributed by atoms with Gasteiger partial charge < -0.3 is 5.32 Å². The molecule has 2 heteroatoms. The zero-order valence-electron chi connectivity index (χ0n) is 9.34. The average Bonchev–Trinajstić information content (AvgIpc) is 2.20. The summed E-state index contributed by atoms with van der Waals surface area (Å²) in [4.78, 5) is 11.5. The van der Waals surface area contributed by atoms with Crippen molar-refractivity contribution >= 4 is 5.91 Å². The first-order valence-corrected chi connectivity index (χ1v) is 5.07. The molecule has 0 fully saturated rings. The van der Waals surface area contributed by atoms with Gasteiger partial charge in [-0.3, -0.25) is 4.79 Å². The van der Waals surface area contributed by atoms with Crippen LogP contribution < -0.4 is 5.32 Å². The van der Waals surface area contributed by atoms with Crippen LogP contribution in [0.25, 0.3) is 0 Å². The Kier molecular flexibility index (Phi) is 4.10. The summed E-state index contributed by atoms with van der Waals surface area (Å²) in [7, 11) is 0. The van der Waals surface area contributed by atoms with E-state index in [1.165, 1.54) is 5.56 Å². The molecule has 0 aliphatic heterocycles. The molecule has 0 saturated carbocycles. The number of rotatable bonds is 4. The summed E-state index contributed by atoms with van der Waals surface area (Å²) in [5.74, 6) is 0.0450. The van der Waals surface area contributed by atoms with Gasteiger partial charge in [-0.2, -0.15) is 0 Å². The maximum atomic E-state index is 11.5. The monoisotopic (exact) mass is 203 g/mol. The minimum atomic E-state index is 0.0450. The number of hydrogen-bond acceptors (Lipinski definition) is 1. The molecule has 0 unspecified atom stereocenters. The van der Waals surface area contributed by atoms with Crippen molar-refractivity contribution in [3.8, 4) is 0 Å². The Hall–Kier alpha value is -1.57. The Bertz CT molecular complexity index is 369. The number of benzene rings is 1. The normalized spacial score (nSPS) is 9.73. The standard InChI is InChI=1S/C13H17NO/c1-4-7-14-13(15)9-12-8-10(2)5-6-11(12)3/h4-6,8H,1,7,9H2,2-3H3,(H,14,15). The van der Waals surface area contributed by atoms with Crippen LogP contribution in [0.2, 0.25) is 0 Å². The Morgan fingerprint density at radius 2 is 2.20 bits per heavy atom. The van der Waals surface area contributed by atoms with E-state index in [-0.39, 0.29) is 5.91 Å². The maximum Gasteiger partial charge on any atom is 0.224 e. The molecule has 0 saturated heterocycles. The summed E-state index contributed by atoms with van der Waals surface area (Å²) >= 11 is 0. The third-order valence-electron chi connectivity index (χ3n) is 2.30. The van der Waals surface area contributed by atoms with E-state index in [1.807, 2.05) is 19.9 Å². The van der Waals surface area contributed by atoms with Gasteiger partial charge in [-0.05, 0) is 25.0 Å². The fraction of sp³-hybridized carbons (Fsp3) is 0.308. The minimum Gasteiger partial charge on any atom is -0.352 e. The van der Waals surface area contributed by atoms with Crippen LogP contribution in [0.4, 0.5) is 0 Å². The van der Waals surface area contributed by atoms with Gasteiger partial charge in [0.2, 0.25) is 5.91 Å². The molecule has 0 aliphatic rings. The second kappa shape index (κ2) is 5.35. The van der Waals surface area contributed by atoms with Gasteiger partial charge in [0.05, 0.1) is 6.42 Å². The predicted molar refractivity (Wildman–Crippen MR) is 62.8 cm³/mol. The lowest BCUT2D eigenvalue weighted by atomic mass is 10.0. The van der Waals surface area contributed by atoms with Crippen molar-refractivity contribution in [2.24, 2.45) is 0 Å². The summed E-state index contributed by atoms with van der Waals surface area (Å²) in [6.45, 7) is 8.14. The summed E-state index contributed by atoms with van der Waals surface area (Å²) in [6.07, 6.45) is 2.13. The molecule has 1 rings (SSSR count). The first-order chi connectivity index (χ1) is 7.13. The van der Waals surface area contributed by atoms with Crippen molar-refractivity contribution in [3.05, 3.63) is 47.5 Å². The number of amides is 1. The van der Waals surface area contributed by atoms with E-state index < -0.39 is 0 Å². The summed E-state index contributed by atoms with van der Waals surface area (Å²) in [6, 6.07) is 6.16. The molecule has 15 heavy (non-hydrogen) atoms. The molecule has 0 heterocycles. The Labute approximate surface area is 91.0 Å². The molecule has 0 atom stereocenters. The van der Waals surface area contributed by atoms with E-state index in [0.717, 1.165) is 11.1 Å². The third kappa shape index (κ3) is 3.58. The van der Waals surface area contributed by atoms with Crippen LogP contribution in [-0.4, -0.2) is 12.5 Å². The lowest BCUT2D eigenvalue weighted by molar-refractivity contribution is -0.120. The number of carbonyl (C=O) groups is 1. The van der Waals surface area contributed by atoms with Crippen LogP contribution >= 0.6 is 0 Å². The summed E-state index contributed by atoms with van der Waals surface area (Å²) in [5.41, 5.74) is 3.44. The zero-order valence-corrected chi connectivity index (χ0v) is 9.34.